The third kappa shape index (κ3) is 3.91. The van der Waals surface area contributed by atoms with Crippen LogP contribution in [0.15, 0.2) is 23.2 Å². The topological polar surface area (TPSA) is 62.3 Å². The van der Waals surface area contributed by atoms with E-state index in [1.807, 2.05) is 0 Å². The maximum Gasteiger partial charge on any atom is 0.242 e. The van der Waals surface area contributed by atoms with Crippen LogP contribution in [0.2, 0.25) is 5.15 Å². The van der Waals surface area contributed by atoms with Crippen molar-refractivity contribution in [3.8, 4) is 0 Å². The molecule has 0 aromatic carbocycles. The monoisotopic (exact) mass is 317 g/mol. The van der Waals surface area contributed by atoms with E-state index < -0.39 is 10.0 Å². The summed E-state index contributed by atoms with van der Waals surface area (Å²) in [6.45, 7) is 6.76. The van der Waals surface area contributed by atoms with Gasteiger partial charge in [0.25, 0.3) is 0 Å². The van der Waals surface area contributed by atoms with E-state index >= 15 is 0 Å². The van der Waals surface area contributed by atoms with Crippen LogP contribution in [-0.2, 0) is 10.0 Å². The first-order valence-corrected chi connectivity index (χ1v) is 8.60. The number of aromatic nitrogens is 1. The molecule has 20 heavy (non-hydrogen) atoms. The smallest absolute Gasteiger partial charge is 0.242 e. The summed E-state index contributed by atoms with van der Waals surface area (Å²) in [6, 6.07) is 3.45. The molecule has 0 amide bonds. The molecule has 1 fully saturated rings. The standard InChI is InChI=1S/C13H20ClN3O2S/c1-10(2)17-6-5-11(9-17)7-16-20(18,19)12-3-4-13(14)15-8-12/h3-4,8,10-11,16H,5-7,9H2,1-2H3. The lowest BCUT2D eigenvalue weighted by atomic mass is 10.1. The number of hydrogen-bond donors (Lipinski definition) is 1. The minimum atomic E-state index is -3.49. The van der Waals surface area contributed by atoms with E-state index in [0.717, 1.165) is 19.5 Å². The highest BCUT2D eigenvalue weighted by Gasteiger charge is 2.25. The molecule has 1 aromatic heterocycles. The van der Waals surface area contributed by atoms with Gasteiger partial charge in [0.2, 0.25) is 10.0 Å². The van der Waals surface area contributed by atoms with E-state index in [9.17, 15) is 8.42 Å². The highest BCUT2D eigenvalue weighted by Crippen LogP contribution is 2.18. The molecule has 112 valence electrons. The largest absolute Gasteiger partial charge is 0.301 e. The van der Waals surface area contributed by atoms with Crippen molar-refractivity contribution in [1.29, 1.82) is 0 Å². The summed E-state index contributed by atoms with van der Waals surface area (Å²) in [5.41, 5.74) is 0. The maximum absolute atomic E-state index is 12.1. The van der Waals surface area contributed by atoms with Gasteiger partial charge < -0.3 is 4.90 Å². The maximum atomic E-state index is 12.1. The Kier molecular flexibility index (Phi) is 5.01. The van der Waals surface area contributed by atoms with Crippen LogP contribution in [0, 0.1) is 5.92 Å². The molecule has 0 radical (unpaired) electrons. The molecule has 1 atom stereocenters. The lowest BCUT2D eigenvalue weighted by Crippen LogP contribution is -2.33. The van der Waals surface area contributed by atoms with Crippen LogP contribution in [0.5, 0.6) is 0 Å². The van der Waals surface area contributed by atoms with Crippen molar-refractivity contribution in [1.82, 2.24) is 14.6 Å². The average molecular weight is 318 g/mol. The van der Waals surface area contributed by atoms with Gasteiger partial charge in [-0.2, -0.15) is 0 Å². The van der Waals surface area contributed by atoms with Gasteiger partial charge in [-0.1, -0.05) is 11.6 Å². The van der Waals surface area contributed by atoms with Gasteiger partial charge in [0.1, 0.15) is 10.0 Å². The molecule has 1 unspecified atom stereocenters. The van der Waals surface area contributed by atoms with Gasteiger partial charge in [0.05, 0.1) is 0 Å². The van der Waals surface area contributed by atoms with Crippen molar-refractivity contribution in [2.45, 2.75) is 31.2 Å². The zero-order valence-corrected chi connectivity index (χ0v) is 13.3. The fourth-order valence-corrected chi connectivity index (χ4v) is 3.50. The van der Waals surface area contributed by atoms with Gasteiger partial charge in [0, 0.05) is 25.3 Å². The van der Waals surface area contributed by atoms with Crippen LogP contribution in [0.1, 0.15) is 20.3 Å². The van der Waals surface area contributed by atoms with Crippen molar-refractivity contribution in [2.75, 3.05) is 19.6 Å². The highest BCUT2D eigenvalue weighted by atomic mass is 35.5. The number of hydrogen-bond acceptors (Lipinski definition) is 4. The van der Waals surface area contributed by atoms with E-state index in [4.69, 9.17) is 11.6 Å². The Morgan fingerprint density at radius 3 is 2.80 bits per heavy atom. The van der Waals surface area contributed by atoms with Crippen LogP contribution in [0.25, 0.3) is 0 Å². The predicted molar refractivity (Wildman–Crippen MR) is 79.3 cm³/mol. The first-order valence-electron chi connectivity index (χ1n) is 6.74. The van der Waals surface area contributed by atoms with Crippen molar-refractivity contribution >= 4 is 21.6 Å². The molecule has 0 spiro atoms. The number of sulfonamides is 1. The third-order valence-corrected chi connectivity index (χ3v) is 5.25. The summed E-state index contributed by atoms with van der Waals surface area (Å²) in [5.74, 6) is 0.368. The van der Waals surface area contributed by atoms with Crippen LogP contribution in [-0.4, -0.2) is 44.0 Å². The Balaban J connectivity index is 1.92. The molecule has 1 aliphatic rings. The Bertz CT molecular complexity index is 545. The number of nitrogens with one attached hydrogen (secondary N) is 1. The second-order valence-corrected chi connectivity index (χ2v) is 7.57. The first kappa shape index (κ1) is 15.7. The molecular formula is C13H20ClN3O2S. The normalized spacial score (nSPS) is 20.7. The molecule has 1 aromatic rings. The molecule has 0 aliphatic carbocycles. The molecule has 5 nitrogen and oxygen atoms in total. The van der Waals surface area contributed by atoms with Crippen LogP contribution >= 0.6 is 11.6 Å². The number of halogens is 1. The van der Waals surface area contributed by atoms with Crippen LogP contribution in [0.4, 0.5) is 0 Å². The Morgan fingerprint density at radius 1 is 1.50 bits per heavy atom. The minimum Gasteiger partial charge on any atom is -0.301 e. The SMILES string of the molecule is CC(C)N1CCC(CNS(=O)(=O)c2ccc(Cl)nc2)C1. The number of nitrogens with zero attached hydrogens (tertiary/aromatic N) is 2. The molecule has 0 bridgehead atoms. The summed E-state index contributed by atoms with van der Waals surface area (Å²) >= 11 is 5.66. The third-order valence-electron chi connectivity index (χ3n) is 3.62. The van der Waals surface area contributed by atoms with Gasteiger partial charge in [-0.15, -0.1) is 0 Å². The average Bonchev–Trinajstić information content (AvgIpc) is 2.86. The van der Waals surface area contributed by atoms with Crippen molar-refractivity contribution < 1.29 is 8.42 Å². The van der Waals surface area contributed by atoms with Gasteiger partial charge in [-0.3, -0.25) is 0 Å². The summed E-state index contributed by atoms with van der Waals surface area (Å²) in [7, 11) is -3.49. The highest BCUT2D eigenvalue weighted by molar-refractivity contribution is 7.89. The van der Waals surface area contributed by atoms with E-state index in [1.54, 1.807) is 0 Å². The van der Waals surface area contributed by atoms with Gasteiger partial charge in [0.15, 0.2) is 0 Å². The van der Waals surface area contributed by atoms with E-state index in [-0.39, 0.29) is 10.0 Å². The van der Waals surface area contributed by atoms with Gasteiger partial charge in [-0.05, 0) is 44.9 Å². The molecule has 1 aliphatic heterocycles. The number of likely N-dealkylation sites (tertiary alicyclic amines) is 1. The molecule has 7 heteroatoms. The van der Waals surface area contributed by atoms with E-state index in [0.29, 0.717) is 18.5 Å². The molecule has 1 saturated heterocycles. The van der Waals surface area contributed by atoms with E-state index in [2.05, 4.69) is 28.5 Å². The fourth-order valence-electron chi connectivity index (χ4n) is 2.33. The molecule has 2 rings (SSSR count). The second-order valence-electron chi connectivity index (χ2n) is 5.41. The Hall–Kier alpha value is -0.690. The second kappa shape index (κ2) is 6.39. The molecular weight excluding hydrogens is 298 g/mol. The number of rotatable bonds is 5. The van der Waals surface area contributed by atoms with Gasteiger partial charge >= 0.3 is 0 Å². The Morgan fingerprint density at radius 2 is 2.25 bits per heavy atom. The lowest BCUT2D eigenvalue weighted by molar-refractivity contribution is 0.265. The molecule has 2 heterocycles. The summed E-state index contributed by atoms with van der Waals surface area (Å²) in [6.07, 6.45) is 2.30. The molecule has 0 saturated carbocycles. The van der Waals surface area contributed by atoms with Crippen LogP contribution in [0.3, 0.4) is 0 Å². The molecule has 1 N–H and O–H groups in total. The van der Waals surface area contributed by atoms with Crippen molar-refractivity contribution in [3.63, 3.8) is 0 Å². The first-order chi connectivity index (χ1) is 9.38. The lowest BCUT2D eigenvalue weighted by Gasteiger charge is -2.20. The van der Waals surface area contributed by atoms with Gasteiger partial charge in [-0.25, -0.2) is 18.1 Å². The quantitative estimate of drug-likeness (QED) is 0.840. The fraction of sp³-hybridized carbons (Fsp3) is 0.615. The summed E-state index contributed by atoms with van der Waals surface area (Å²) in [4.78, 5) is 6.32. The Labute approximate surface area is 125 Å². The summed E-state index contributed by atoms with van der Waals surface area (Å²) < 4.78 is 26.9. The predicted octanol–water partition coefficient (Wildman–Crippen LogP) is 1.74. The van der Waals surface area contributed by atoms with Crippen LogP contribution < -0.4 is 4.72 Å². The number of pyridine rings is 1. The zero-order chi connectivity index (χ0) is 14.8. The van der Waals surface area contributed by atoms with Crippen molar-refractivity contribution in [3.05, 3.63) is 23.5 Å². The summed E-state index contributed by atoms with van der Waals surface area (Å²) in [5, 5.41) is 0.285. The van der Waals surface area contributed by atoms with E-state index in [1.165, 1.54) is 18.3 Å². The minimum absolute atomic E-state index is 0.153. The zero-order valence-electron chi connectivity index (χ0n) is 11.7. The van der Waals surface area contributed by atoms with Crippen molar-refractivity contribution in [2.24, 2.45) is 5.92 Å².